The minimum atomic E-state index is 0.157. The number of nitrogens with zero attached hydrogens (tertiary/aromatic N) is 1. The fraction of sp³-hybridized carbons (Fsp3) is 0.500. The monoisotopic (exact) mass is 250 g/mol. The van der Waals surface area contributed by atoms with Crippen molar-refractivity contribution in [3.63, 3.8) is 0 Å². The third-order valence-corrected chi connectivity index (χ3v) is 3.15. The molecular weight excluding hydrogens is 230 g/mol. The van der Waals surface area contributed by atoms with Crippen LogP contribution in [0.5, 0.6) is 0 Å². The van der Waals surface area contributed by atoms with Crippen molar-refractivity contribution in [1.29, 1.82) is 0 Å². The quantitative estimate of drug-likeness (QED) is 0.353. The maximum atomic E-state index is 8.90. The van der Waals surface area contributed by atoms with E-state index < -0.39 is 0 Å². The second-order valence-electron chi connectivity index (χ2n) is 4.76. The summed E-state index contributed by atoms with van der Waals surface area (Å²) in [7, 11) is 0. The largest absolute Gasteiger partial charge is 0.368 e. The summed E-state index contributed by atoms with van der Waals surface area (Å²) in [5, 5.41) is 8.90. The predicted octanol–water partition coefficient (Wildman–Crippen LogP) is 2.00. The Kier molecular flexibility index (Phi) is 4.33. The maximum absolute atomic E-state index is 8.90. The lowest BCUT2D eigenvalue weighted by atomic mass is 10.0. The highest BCUT2D eigenvalue weighted by atomic mass is 17.1. The number of rotatable bonds is 2. The number of morpholine rings is 1. The minimum absolute atomic E-state index is 0.157. The SMILES string of the molecule is CC(C)C(OO)=C1C=CC(=[N+]2CCOCC2)C=C1. The molecule has 1 aliphatic heterocycles. The van der Waals surface area contributed by atoms with E-state index in [2.05, 4.69) is 21.6 Å². The van der Waals surface area contributed by atoms with Gasteiger partial charge in [0.2, 0.25) is 0 Å². The molecule has 0 amide bonds. The molecule has 1 saturated heterocycles. The summed E-state index contributed by atoms with van der Waals surface area (Å²) in [6.45, 7) is 7.39. The van der Waals surface area contributed by atoms with Crippen LogP contribution in [0.15, 0.2) is 35.6 Å². The Balaban J connectivity index is 2.20. The molecule has 0 aromatic carbocycles. The van der Waals surface area contributed by atoms with Crippen LogP contribution in [0.25, 0.3) is 0 Å². The van der Waals surface area contributed by atoms with Crippen LogP contribution in [0, 0.1) is 5.92 Å². The fourth-order valence-corrected chi connectivity index (χ4v) is 2.15. The molecule has 1 aliphatic carbocycles. The molecular formula is C14H20NO3+. The van der Waals surface area contributed by atoms with E-state index in [1.54, 1.807) is 0 Å². The summed E-state index contributed by atoms with van der Waals surface area (Å²) in [4.78, 5) is 4.47. The van der Waals surface area contributed by atoms with Crippen molar-refractivity contribution < 1.29 is 19.5 Å². The summed E-state index contributed by atoms with van der Waals surface area (Å²) in [6.07, 6.45) is 8.08. The van der Waals surface area contributed by atoms with Crippen molar-refractivity contribution in [3.8, 4) is 0 Å². The van der Waals surface area contributed by atoms with Crippen molar-refractivity contribution >= 4 is 5.71 Å². The molecule has 2 rings (SSSR count). The molecule has 1 N–H and O–H groups in total. The normalized spacial score (nSPS) is 19.7. The van der Waals surface area contributed by atoms with Gasteiger partial charge in [-0.25, -0.2) is 9.83 Å². The molecule has 0 aromatic heterocycles. The van der Waals surface area contributed by atoms with Gasteiger partial charge in [0.15, 0.2) is 24.6 Å². The van der Waals surface area contributed by atoms with E-state index in [0.717, 1.165) is 31.9 Å². The molecule has 1 heterocycles. The van der Waals surface area contributed by atoms with Gasteiger partial charge >= 0.3 is 0 Å². The third kappa shape index (κ3) is 2.89. The molecule has 2 aliphatic rings. The standard InChI is InChI=1S/C14H19NO3/c1-11(2)14(18-16)12-3-5-13(6-4-12)15-7-9-17-10-8-15/h3-6,11H,7-10H2,1-2H3/p+1. The maximum Gasteiger partial charge on any atom is 0.200 e. The molecule has 0 bridgehead atoms. The molecule has 0 radical (unpaired) electrons. The summed E-state index contributed by atoms with van der Waals surface area (Å²) in [6, 6.07) is 0. The Hall–Kier alpha value is -1.39. The Morgan fingerprint density at radius 2 is 1.83 bits per heavy atom. The van der Waals surface area contributed by atoms with Gasteiger partial charge in [0.05, 0.1) is 0 Å². The fourth-order valence-electron chi connectivity index (χ4n) is 2.15. The molecule has 0 spiro atoms. The number of allylic oxidation sites excluding steroid dienone is 6. The molecule has 1 fully saturated rings. The average molecular weight is 250 g/mol. The van der Waals surface area contributed by atoms with Crippen molar-refractivity contribution in [2.24, 2.45) is 5.92 Å². The van der Waals surface area contributed by atoms with Gasteiger partial charge in [0, 0.05) is 23.6 Å². The van der Waals surface area contributed by atoms with Gasteiger partial charge in [-0.3, -0.25) is 0 Å². The number of hydrogen-bond acceptors (Lipinski definition) is 3. The smallest absolute Gasteiger partial charge is 0.200 e. The number of hydrogen-bond donors (Lipinski definition) is 1. The zero-order chi connectivity index (χ0) is 13.0. The van der Waals surface area contributed by atoms with Gasteiger partial charge in [0.1, 0.15) is 13.2 Å². The van der Waals surface area contributed by atoms with E-state index in [1.807, 2.05) is 26.0 Å². The molecule has 0 aromatic rings. The van der Waals surface area contributed by atoms with Crippen molar-refractivity contribution in [2.75, 3.05) is 26.3 Å². The topological polar surface area (TPSA) is 41.7 Å². The van der Waals surface area contributed by atoms with E-state index in [0.29, 0.717) is 5.76 Å². The average Bonchev–Trinajstić information content (AvgIpc) is 2.41. The molecule has 0 atom stereocenters. The molecule has 4 heteroatoms. The van der Waals surface area contributed by atoms with Crippen LogP contribution in [-0.2, 0) is 9.62 Å². The van der Waals surface area contributed by atoms with E-state index in [4.69, 9.17) is 9.99 Å². The zero-order valence-electron chi connectivity index (χ0n) is 10.9. The van der Waals surface area contributed by atoms with Crippen LogP contribution >= 0.6 is 0 Å². The summed E-state index contributed by atoms with van der Waals surface area (Å²) in [5.74, 6) is 0.757. The van der Waals surface area contributed by atoms with Crippen LogP contribution in [0.1, 0.15) is 13.8 Å². The molecule has 0 saturated carbocycles. The number of ether oxygens (including phenoxy) is 1. The van der Waals surface area contributed by atoms with Crippen molar-refractivity contribution in [2.45, 2.75) is 13.8 Å². The summed E-state index contributed by atoms with van der Waals surface area (Å²) in [5.41, 5.74) is 2.10. The highest BCUT2D eigenvalue weighted by molar-refractivity contribution is 6.02. The van der Waals surface area contributed by atoms with Gasteiger partial charge in [-0.1, -0.05) is 13.8 Å². The Labute approximate surface area is 107 Å². The first-order chi connectivity index (χ1) is 8.72. The van der Waals surface area contributed by atoms with Gasteiger partial charge in [0.25, 0.3) is 0 Å². The van der Waals surface area contributed by atoms with E-state index in [-0.39, 0.29) is 5.92 Å². The van der Waals surface area contributed by atoms with Crippen LogP contribution < -0.4 is 0 Å². The lowest BCUT2D eigenvalue weighted by Gasteiger charge is -2.14. The molecule has 18 heavy (non-hydrogen) atoms. The van der Waals surface area contributed by atoms with Crippen molar-refractivity contribution in [3.05, 3.63) is 35.6 Å². The lowest BCUT2D eigenvalue weighted by molar-refractivity contribution is -0.547. The van der Waals surface area contributed by atoms with Gasteiger partial charge in [-0.05, 0) is 12.2 Å². The third-order valence-electron chi connectivity index (χ3n) is 3.15. The van der Waals surface area contributed by atoms with Crippen LogP contribution in [0.2, 0.25) is 0 Å². The predicted molar refractivity (Wildman–Crippen MR) is 69.7 cm³/mol. The van der Waals surface area contributed by atoms with Crippen LogP contribution in [0.4, 0.5) is 0 Å². The Morgan fingerprint density at radius 1 is 1.22 bits per heavy atom. The lowest BCUT2D eigenvalue weighted by Crippen LogP contribution is -2.32. The summed E-state index contributed by atoms with van der Waals surface area (Å²) < 4.78 is 7.63. The van der Waals surface area contributed by atoms with Crippen LogP contribution in [-0.4, -0.2) is 41.8 Å². The first kappa shape index (κ1) is 13.1. The first-order valence-electron chi connectivity index (χ1n) is 6.33. The van der Waals surface area contributed by atoms with E-state index >= 15 is 0 Å². The Bertz CT molecular complexity index is 404. The van der Waals surface area contributed by atoms with E-state index in [9.17, 15) is 0 Å². The highest BCUT2D eigenvalue weighted by Crippen LogP contribution is 2.20. The first-order valence-corrected chi connectivity index (χ1v) is 6.33. The molecule has 4 nitrogen and oxygen atoms in total. The minimum Gasteiger partial charge on any atom is -0.368 e. The second-order valence-corrected chi connectivity index (χ2v) is 4.76. The molecule has 98 valence electrons. The summed E-state index contributed by atoms with van der Waals surface area (Å²) >= 11 is 0. The second kappa shape index (κ2) is 5.98. The van der Waals surface area contributed by atoms with Crippen molar-refractivity contribution in [1.82, 2.24) is 0 Å². The molecule has 0 unspecified atom stereocenters. The van der Waals surface area contributed by atoms with Gasteiger partial charge in [-0.2, -0.15) is 0 Å². The zero-order valence-corrected chi connectivity index (χ0v) is 10.9. The highest BCUT2D eigenvalue weighted by Gasteiger charge is 2.18. The Morgan fingerprint density at radius 3 is 2.33 bits per heavy atom. The van der Waals surface area contributed by atoms with E-state index in [1.165, 1.54) is 5.71 Å². The van der Waals surface area contributed by atoms with Gasteiger partial charge < -0.3 is 9.62 Å². The van der Waals surface area contributed by atoms with Gasteiger partial charge in [-0.15, -0.1) is 0 Å². The van der Waals surface area contributed by atoms with Crippen LogP contribution in [0.3, 0.4) is 0 Å².